The van der Waals surface area contributed by atoms with Crippen LogP contribution in [-0.2, 0) is 4.79 Å². The zero-order valence-electron chi connectivity index (χ0n) is 15.3. The van der Waals surface area contributed by atoms with E-state index in [2.05, 4.69) is 51.4 Å². The van der Waals surface area contributed by atoms with Crippen molar-refractivity contribution in [1.82, 2.24) is 14.9 Å². The number of aryl methyl sites for hydroxylation is 1. The number of aromatic nitrogens is 2. The van der Waals surface area contributed by atoms with Gasteiger partial charge in [0.2, 0.25) is 5.91 Å². The van der Waals surface area contributed by atoms with Crippen LogP contribution in [0.1, 0.15) is 23.5 Å². The van der Waals surface area contributed by atoms with Crippen molar-refractivity contribution in [3.05, 3.63) is 53.2 Å². The van der Waals surface area contributed by atoms with Gasteiger partial charge in [-0.2, -0.15) is 0 Å². The van der Waals surface area contributed by atoms with Crippen LogP contribution < -0.4 is 4.90 Å². The lowest BCUT2D eigenvalue weighted by Crippen LogP contribution is -2.49. The Kier molecular flexibility index (Phi) is 4.08. The number of piperazine rings is 1. The summed E-state index contributed by atoms with van der Waals surface area (Å²) in [7, 11) is 0. The molecule has 1 aromatic carbocycles. The summed E-state index contributed by atoms with van der Waals surface area (Å²) in [4.78, 5) is 26.1. The molecule has 1 saturated carbocycles. The van der Waals surface area contributed by atoms with Crippen LogP contribution >= 0.6 is 11.3 Å². The van der Waals surface area contributed by atoms with Gasteiger partial charge in [-0.15, -0.1) is 11.3 Å². The summed E-state index contributed by atoms with van der Waals surface area (Å²) >= 11 is 1.68. The Morgan fingerprint density at radius 3 is 2.74 bits per heavy atom. The van der Waals surface area contributed by atoms with Crippen molar-refractivity contribution in [2.45, 2.75) is 19.3 Å². The summed E-state index contributed by atoms with van der Waals surface area (Å²) in [5.74, 6) is 1.91. The number of hydrogen-bond donors (Lipinski definition) is 0. The Morgan fingerprint density at radius 2 is 1.93 bits per heavy atom. The van der Waals surface area contributed by atoms with Crippen molar-refractivity contribution >= 4 is 33.3 Å². The van der Waals surface area contributed by atoms with Gasteiger partial charge >= 0.3 is 0 Å². The first-order valence-corrected chi connectivity index (χ1v) is 10.4. The molecule has 2 aliphatic rings. The van der Waals surface area contributed by atoms with Gasteiger partial charge in [-0.1, -0.05) is 24.3 Å². The van der Waals surface area contributed by atoms with Crippen LogP contribution in [0, 0.1) is 12.8 Å². The van der Waals surface area contributed by atoms with Crippen molar-refractivity contribution in [3.8, 4) is 0 Å². The molecule has 1 aliphatic heterocycles. The predicted octanol–water partition coefficient (Wildman–Crippen LogP) is 3.45. The molecule has 2 aromatic heterocycles. The molecule has 3 heterocycles. The van der Waals surface area contributed by atoms with E-state index in [0.717, 1.165) is 48.6 Å². The highest BCUT2D eigenvalue weighted by molar-refractivity contribution is 7.17. The zero-order chi connectivity index (χ0) is 18.4. The van der Waals surface area contributed by atoms with Gasteiger partial charge in [0, 0.05) is 32.1 Å². The van der Waals surface area contributed by atoms with Crippen molar-refractivity contribution < 1.29 is 4.79 Å². The molecule has 0 bridgehead atoms. The summed E-state index contributed by atoms with van der Waals surface area (Å²) in [5, 5.41) is 2.06. The van der Waals surface area contributed by atoms with Gasteiger partial charge in [-0.3, -0.25) is 4.79 Å². The third kappa shape index (κ3) is 2.98. The molecular formula is C21H22N4OS. The average molecular weight is 379 g/mol. The second-order valence-corrected chi connectivity index (χ2v) is 8.37. The van der Waals surface area contributed by atoms with Crippen molar-refractivity contribution in [2.75, 3.05) is 31.1 Å². The van der Waals surface area contributed by atoms with Gasteiger partial charge in [-0.05, 0) is 41.8 Å². The van der Waals surface area contributed by atoms with E-state index in [0.29, 0.717) is 11.8 Å². The molecule has 0 spiro atoms. The van der Waals surface area contributed by atoms with E-state index >= 15 is 0 Å². The van der Waals surface area contributed by atoms with Gasteiger partial charge in [0.05, 0.1) is 10.2 Å². The van der Waals surface area contributed by atoms with Crippen molar-refractivity contribution in [2.24, 2.45) is 5.92 Å². The first-order chi connectivity index (χ1) is 13.2. The van der Waals surface area contributed by atoms with Crippen LogP contribution in [0.3, 0.4) is 0 Å². The summed E-state index contributed by atoms with van der Waals surface area (Å²) in [6, 6.07) is 10.5. The van der Waals surface area contributed by atoms with Crippen LogP contribution in [-0.4, -0.2) is 47.0 Å². The molecule has 6 heteroatoms. The highest BCUT2D eigenvalue weighted by atomic mass is 32.1. The van der Waals surface area contributed by atoms with Gasteiger partial charge in [0.1, 0.15) is 12.1 Å². The Hall–Kier alpha value is -2.47. The van der Waals surface area contributed by atoms with E-state index in [9.17, 15) is 4.79 Å². The molecule has 1 aliphatic carbocycles. The fraction of sp³-hybridized carbons (Fsp3) is 0.381. The molecule has 1 saturated heterocycles. The number of carbonyl (C=O) groups is 1. The maximum Gasteiger partial charge on any atom is 0.226 e. The van der Waals surface area contributed by atoms with Crippen LogP contribution in [0.25, 0.3) is 10.2 Å². The van der Waals surface area contributed by atoms with Crippen molar-refractivity contribution in [1.29, 1.82) is 0 Å². The van der Waals surface area contributed by atoms with E-state index in [1.165, 1.54) is 11.1 Å². The largest absolute Gasteiger partial charge is 0.352 e. The monoisotopic (exact) mass is 378 g/mol. The van der Waals surface area contributed by atoms with E-state index < -0.39 is 0 Å². The number of amides is 1. The molecule has 5 rings (SSSR count). The maximum atomic E-state index is 13.0. The molecule has 1 amide bonds. The highest BCUT2D eigenvalue weighted by Crippen LogP contribution is 2.49. The van der Waals surface area contributed by atoms with E-state index in [4.69, 9.17) is 0 Å². The topological polar surface area (TPSA) is 49.3 Å². The molecule has 3 aromatic rings. The van der Waals surface area contributed by atoms with E-state index in [1.807, 2.05) is 11.0 Å². The van der Waals surface area contributed by atoms with Crippen LogP contribution in [0.15, 0.2) is 42.0 Å². The third-order valence-electron chi connectivity index (χ3n) is 5.81. The zero-order valence-corrected chi connectivity index (χ0v) is 16.2. The Balaban J connectivity index is 1.24. The number of carbonyl (C=O) groups excluding carboxylic acids is 1. The summed E-state index contributed by atoms with van der Waals surface area (Å²) in [6.07, 6.45) is 2.63. The average Bonchev–Trinajstić information content (AvgIpc) is 3.34. The maximum absolute atomic E-state index is 13.0. The van der Waals surface area contributed by atoms with Crippen LogP contribution in [0.4, 0.5) is 5.82 Å². The molecule has 2 fully saturated rings. The van der Waals surface area contributed by atoms with Gasteiger partial charge in [-0.25, -0.2) is 9.97 Å². The SMILES string of the molecule is Cc1ccccc1[C@@H]1C[C@H]1C(=O)N1CCN(c2ncnc3ccsc23)CC1. The molecule has 27 heavy (non-hydrogen) atoms. The minimum absolute atomic E-state index is 0.167. The second kappa shape index (κ2) is 6.60. The minimum Gasteiger partial charge on any atom is -0.352 e. The lowest BCUT2D eigenvalue weighted by Gasteiger charge is -2.35. The standard InChI is InChI=1S/C21H22N4OS/c1-14-4-2-3-5-15(14)16-12-17(16)21(26)25-9-7-24(8-10-25)20-19-18(6-11-27-19)22-13-23-20/h2-6,11,13,16-17H,7-10,12H2,1H3/t16-,17+/m0/s1. The van der Waals surface area contributed by atoms with Crippen molar-refractivity contribution in [3.63, 3.8) is 0 Å². The Morgan fingerprint density at radius 1 is 1.11 bits per heavy atom. The number of rotatable bonds is 3. The van der Waals surface area contributed by atoms with Gasteiger partial charge in [0.15, 0.2) is 0 Å². The van der Waals surface area contributed by atoms with Crippen LogP contribution in [0.2, 0.25) is 0 Å². The smallest absolute Gasteiger partial charge is 0.226 e. The first-order valence-electron chi connectivity index (χ1n) is 9.50. The minimum atomic E-state index is 0.167. The van der Waals surface area contributed by atoms with Gasteiger partial charge < -0.3 is 9.80 Å². The summed E-state index contributed by atoms with van der Waals surface area (Å²) in [6.45, 7) is 5.34. The predicted molar refractivity (Wildman–Crippen MR) is 108 cm³/mol. The Bertz CT molecular complexity index is 993. The molecular weight excluding hydrogens is 356 g/mol. The quantitative estimate of drug-likeness (QED) is 0.700. The number of benzene rings is 1. The normalized spacial score (nSPS) is 22.3. The first kappa shape index (κ1) is 16.7. The molecule has 0 N–H and O–H groups in total. The summed E-state index contributed by atoms with van der Waals surface area (Å²) < 4.78 is 1.14. The molecule has 5 nitrogen and oxygen atoms in total. The molecule has 0 unspecified atom stereocenters. The number of hydrogen-bond acceptors (Lipinski definition) is 5. The molecule has 0 radical (unpaired) electrons. The number of anilines is 1. The Labute approximate surface area is 162 Å². The second-order valence-electron chi connectivity index (χ2n) is 7.45. The van der Waals surface area contributed by atoms with Gasteiger partial charge in [0.25, 0.3) is 0 Å². The lowest BCUT2D eigenvalue weighted by molar-refractivity contribution is -0.132. The fourth-order valence-corrected chi connectivity index (χ4v) is 5.05. The number of nitrogens with zero attached hydrogens (tertiary/aromatic N) is 4. The lowest BCUT2D eigenvalue weighted by atomic mass is 10.0. The highest BCUT2D eigenvalue weighted by Gasteiger charge is 2.46. The molecule has 2 atom stereocenters. The number of fused-ring (bicyclic) bond motifs is 1. The third-order valence-corrected chi connectivity index (χ3v) is 6.71. The summed E-state index contributed by atoms with van der Waals surface area (Å²) in [5.41, 5.74) is 3.64. The number of thiophene rings is 1. The van der Waals surface area contributed by atoms with E-state index in [1.54, 1.807) is 17.7 Å². The van der Waals surface area contributed by atoms with E-state index in [-0.39, 0.29) is 5.92 Å². The van der Waals surface area contributed by atoms with Crippen LogP contribution in [0.5, 0.6) is 0 Å². The fourth-order valence-electron chi connectivity index (χ4n) is 4.19. The molecule has 138 valence electrons.